The highest BCUT2D eigenvalue weighted by molar-refractivity contribution is 9.10. The second-order valence-corrected chi connectivity index (χ2v) is 5.63. The second-order valence-electron chi connectivity index (χ2n) is 4.77. The third-order valence-electron chi connectivity index (χ3n) is 3.37. The van der Waals surface area contributed by atoms with Gasteiger partial charge in [-0.25, -0.2) is 4.39 Å². The van der Waals surface area contributed by atoms with E-state index in [1.54, 1.807) is 29.9 Å². The molecule has 3 rings (SSSR count). The molecule has 22 heavy (non-hydrogen) atoms. The molecule has 6 heteroatoms. The molecule has 0 aliphatic rings. The first-order valence-corrected chi connectivity index (χ1v) is 7.35. The zero-order valence-electron chi connectivity index (χ0n) is 11.7. The summed E-state index contributed by atoms with van der Waals surface area (Å²) >= 11 is 3.43. The summed E-state index contributed by atoms with van der Waals surface area (Å²) in [7, 11) is 1.57. The van der Waals surface area contributed by atoms with Gasteiger partial charge in [-0.3, -0.25) is 9.78 Å². The predicted octanol–water partition coefficient (Wildman–Crippen LogP) is 3.36. The zero-order valence-corrected chi connectivity index (χ0v) is 13.3. The SMILES string of the molecule is COc1cc2c(ccc(=O)n2Cc2ccc(F)cn2)cc1Br. The molecule has 0 radical (unpaired) electrons. The van der Waals surface area contributed by atoms with Gasteiger partial charge in [0.15, 0.2) is 0 Å². The first-order chi connectivity index (χ1) is 10.6. The van der Waals surface area contributed by atoms with E-state index in [9.17, 15) is 9.18 Å². The first-order valence-electron chi connectivity index (χ1n) is 6.56. The fourth-order valence-corrected chi connectivity index (χ4v) is 2.80. The van der Waals surface area contributed by atoms with Gasteiger partial charge >= 0.3 is 0 Å². The van der Waals surface area contributed by atoms with E-state index in [0.717, 1.165) is 21.6 Å². The van der Waals surface area contributed by atoms with Crippen molar-refractivity contribution in [2.24, 2.45) is 0 Å². The lowest BCUT2D eigenvalue weighted by atomic mass is 10.2. The molecule has 3 aromatic rings. The molecule has 0 aliphatic heterocycles. The Morgan fingerprint density at radius 3 is 2.77 bits per heavy atom. The van der Waals surface area contributed by atoms with Crippen LogP contribution in [-0.2, 0) is 6.54 Å². The van der Waals surface area contributed by atoms with Crippen molar-refractivity contribution in [1.82, 2.24) is 9.55 Å². The number of methoxy groups -OCH3 is 1. The molecule has 4 nitrogen and oxygen atoms in total. The highest BCUT2D eigenvalue weighted by Crippen LogP contribution is 2.29. The maximum absolute atomic E-state index is 12.9. The summed E-state index contributed by atoms with van der Waals surface area (Å²) in [6, 6.07) is 9.85. The number of benzene rings is 1. The van der Waals surface area contributed by atoms with E-state index < -0.39 is 5.82 Å². The van der Waals surface area contributed by atoms with E-state index in [-0.39, 0.29) is 12.1 Å². The van der Waals surface area contributed by atoms with Gasteiger partial charge in [0.2, 0.25) is 0 Å². The highest BCUT2D eigenvalue weighted by atomic mass is 79.9. The summed E-state index contributed by atoms with van der Waals surface area (Å²) in [6.07, 6.45) is 1.14. The molecule has 0 bridgehead atoms. The van der Waals surface area contributed by atoms with E-state index in [1.165, 1.54) is 12.1 Å². The van der Waals surface area contributed by atoms with Crippen molar-refractivity contribution in [3.63, 3.8) is 0 Å². The molecule has 0 N–H and O–H groups in total. The molecule has 0 saturated heterocycles. The van der Waals surface area contributed by atoms with Gasteiger partial charge in [-0.1, -0.05) is 0 Å². The van der Waals surface area contributed by atoms with Crippen LogP contribution in [-0.4, -0.2) is 16.7 Å². The topological polar surface area (TPSA) is 44.1 Å². The molecule has 112 valence electrons. The largest absolute Gasteiger partial charge is 0.495 e. The summed E-state index contributed by atoms with van der Waals surface area (Å²) in [4.78, 5) is 16.2. The third kappa shape index (κ3) is 2.74. The molecule has 0 aliphatic carbocycles. The minimum atomic E-state index is -0.403. The Morgan fingerprint density at radius 1 is 1.27 bits per heavy atom. The maximum Gasteiger partial charge on any atom is 0.251 e. The van der Waals surface area contributed by atoms with Crippen LogP contribution in [0, 0.1) is 5.82 Å². The van der Waals surface area contributed by atoms with Crippen LogP contribution in [0.25, 0.3) is 10.9 Å². The van der Waals surface area contributed by atoms with Crippen molar-refractivity contribution in [2.75, 3.05) is 7.11 Å². The number of halogens is 2. The number of hydrogen-bond donors (Lipinski definition) is 0. The summed E-state index contributed by atoms with van der Waals surface area (Å²) in [5.74, 6) is 0.235. The van der Waals surface area contributed by atoms with Crippen molar-refractivity contribution in [3.05, 3.63) is 68.9 Å². The Hall–Kier alpha value is -2.21. The molecule has 0 fully saturated rings. The third-order valence-corrected chi connectivity index (χ3v) is 3.99. The van der Waals surface area contributed by atoms with Crippen molar-refractivity contribution in [1.29, 1.82) is 0 Å². The van der Waals surface area contributed by atoms with Gasteiger partial charge in [0.25, 0.3) is 5.56 Å². The molecule has 0 amide bonds. The smallest absolute Gasteiger partial charge is 0.251 e. The second kappa shape index (κ2) is 5.88. The molecule has 2 heterocycles. The van der Waals surface area contributed by atoms with E-state index in [4.69, 9.17) is 4.74 Å². The van der Waals surface area contributed by atoms with Gasteiger partial charge in [-0.2, -0.15) is 0 Å². The number of hydrogen-bond acceptors (Lipinski definition) is 3. The Morgan fingerprint density at radius 2 is 2.09 bits per heavy atom. The van der Waals surface area contributed by atoms with E-state index in [1.807, 2.05) is 6.07 Å². The van der Waals surface area contributed by atoms with Gasteiger partial charge < -0.3 is 9.30 Å². The van der Waals surface area contributed by atoms with Gasteiger partial charge in [-0.15, -0.1) is 0 Å². The van der Waals surface area contributed by atoms with Crippen molar-refractivity contribution in [3.8, 4) is 5.75 Å². The first kappa shape index (κ1) is 14.7. The predicted molar refractivity (Wildman–Crippen MR) is 85.8 cm³/mol. The summed E-state index contributed by atoms with van der Waals surface area (Å²) in [6.45, 7) is 0.265. The standard InChI is InChI=1S/C16H12BrFN2O2/c1-22-15-7-14-10(6-13(15)17)2-5-16(21)20(14)9-12-4-3-11(18)8-19-12/h2-8H,9H2,1H3. The Kier molecular flexibility index (Phi) is 3.94. The van der Waals surface area contributed by atoms with Crippen LogP contribution < -0.4 is 10.3 Å². The van der Waals surface area contributed by atoms with Gasteiger partial charge in [-0.05, 0) is 45.6 Å². The number of pyridine rings is 2. The quantitative estimate of drug-likeness (QED) is 0.717. The highest BCUT2D eigenvalue weighted by Gasteiger charge is 2.09. The lowest BCUT2D eigenvalue weighted by Crippen LogP contribution is -2.20. The van der Waals surface area contributed by atoms with Gasteiger partial charge in [0.05, 0.1) is 35.5 Å². The van der Waals surface area contributed by atoms with Crippen LogP contribution in [0.15, 0.2) is 51.9 Å². The monoisotopic (exact) mass is 362 g/mol. The maximum atomic E-state index is 12.9. The number of nitrogens with zero attached hydrogens (tertiary/aromatic N) is 2. The molecule has 0 saturated carbocycles. The zero-order chi connectivity index (χ0) is 15.7. The lowest BCUT2D eigenvalue weighted by molar-refractivity contribution is 0.412. The Balaban J connectivity index is 2.16. The van der Waals surface area contributed by atoms with E-state index >= 15 is 0 Å². The number of rotatable bonds is 3. The minimum absolute atomic E-state index is 0.150. The summed E-state index contributed by atoms with van der Waals surface area (Å²) < 4.78 is 20.6. The molecule has 0 unspecified atom stereocenters. The van der Waals surface area contributed by atoms with Crippen molar-refractivity contribution < 1.29 is 9.13 Å². The number of fused-ring (bicyclic) bond motifs is 1. The van der Waals surface area contributed by atoms with Gasteiger partial charge in [0, 0.05) is 12.1 Å². The number of aromatic nitrogens is 2. The summed E-state index contributed by atoms with van der Waals surface area (Å²) in [5, 5.41) is 0.898. The fourth-order valence-electron chi connectivity index (χ4n) is 2.28. The van der Waals surface area contributed by atoms with Crippen LogP contribution in [0.4, 0.5) is 4.39 Å². The van der Waals surface area contributed by atoms with Crippen LogP contribution in [0.2, 0.25) is 0 Å². The Bertz CT molecular complexity index is 891. The molecule has 0 spiro atoms. The van der Waals surface area contributed by atoms with Crippen LogP contribution >= 0.6 is 15.9 Å². The van der Waals surface area contributed by atoms with Gasteiger partial charge in [0.1, 0.15) is 11.6 Å². The van der Waals surface area contributed by atoms with Crippen molar-refractivity contribution >= 4 is 26.8 Å². The van der Waals surface area contributed by atoms with E-state index in [2.05, 4.69) is 20.9 Å². The normalized spacial score (nSPS) is 10.9. The molecule has 0 atom stereocenters. The summed E-state index contributed by atoms with van der Waals surface area (Å²) in [5.41, 5.74) is 1.19. The lowest BCUT2D eigenvalue weighted by Gasteiger charge is -2.12. The van der Waals surface area contributed by atoms with Crippen molar-refractivity contribution in [2.45, 2.75) is 6.54 Å². The Labute approximate surface area is 134 Å². The molecular weight excluding hydrogens is 351 g/mol. The molecule has 2 aromatic heterocycles. The minimum Gasteiger partial charge on any atom is -0.495 e. The average Bonchev–Trinajstić information content (AvgIpc) is 2.52. The fraction of sp³-hybridized carbons (Fsp3) is 0.125. The molecule has 1 aromatic carbocycles. The van der Waals surface area contributed by atoms with Crippen LogP contribution in [0.5, 0.6) is 5.75 Å². The van der Waals surface area contributed by atoms with Crippen LogP contribution in [0.3, 0.4) is 0 Å². The molecular formula is C16H12BrFN2O2. The average molecular weight is 363 g/mol. The van der Waals surface area contributed by atoms with Crippen LogP contribution in [0.1, 0.15) is 5.69 Å². The van der Waals surface area contributed by atoms with E-state index in [0.29, 0.717) is 11.4 Å². The number of ether oxygens (including phenoxy) is 1.